The summed E-state index contributed by atoms with van der Waals surface area (Å²) in [4.78, 5) is 0.783. The van der Waals surface area contributed by atoms with Crippen molar-refractivity contribution >= 4 is 38.9 Å². The number of hydrogen-bond donors (Lipinski definition) is 1. The Labute approximate surface area is 125 Å². The van der Waals surface area contributed by atoms with Gasteiger partial charge in [0, 0.05) is 9.35 Å². The van der Waals surface area contributed by atoms with Crippen LogP contribution in [0, 0.1) is 22.7 Å². The van der Waals surface area contributed by atoms with Crippen molar-refractivity contribution in [1.29, 1.82) is 5.26 Å². The van der Waals surface area contributed by atoms with E-state index in [1.165, 1.54) is 11.3 Å². The first-order valence-corrected chi connectivity index (χ1v) is 8.05. The first-order valence-electron chi connectivity index (χ1n) is 6.06. The number of aliphatic hydroxyl groups is 1. The Kier molecular flexibility index (Phi) is 4.38. The summed E-state index contributed by atoms with van der Waals surface area (Å²) >= 11 is 10.7. The number of hydrogen-bond acceptors (Lipinski definition) is 3. The van der Waals surface area contributed by atoms with E-state index in [1.807, 2.05) is 6.07 Å². The molecule has 1 aromatic rings. The molecule has 0 radical (unpaired) electrons. The number of aliphatic hydroxyl groups excluding tert-OH is 1. The van der Waals surface area contributed by atoms with Crippen molar-refractivity contribution in [2.24, 2.45) is 11.3 Å². The van der Waals surface area contributed by atoms with E-state index in [0.29, 0.717) is 10.3 Å². The third kappa shape index (κ3) is 2.46. The Bertz CT molecular complexity index is 464. The van der Waals surface area contributed by atoms with Crippen LogP contribution in [0.4, 0.5) is 0 Å². The van der Waals surface area contributed by atoms with Gasteiger partial charge in [0.05, 0.1) is 11.5 Å². The maximum Gasteiger partial charge on any atom is 0.107 e. The smallest absolute Gasteiger partial charge is 0.107 e. The van der Waals surface area contributed by atoms with Crippen molar-refractivity contribution in [2.45, 2.75) is 38.7 Å². The minimum Gasteiger partial charge on any atom is -0.386 e. The van der Waals surface area contributed by atoms with E-state index >= 15 is 0 Å². The molecule has 0 bridgehead atoms. The largest absolute Gasteiger partial charge is 0.386 e. The molecule has 1 saturated carbocycles. The van der Waals surface area contributed by atoms with E-state index in [1.54, 1.807) is 0 Å². The Morgan fingerprint density at radius 3 is 2.94 bits per heavy atom. The Morgan fingerprint density at radius 2 is 2.50 bits per heavy atom. The summed E-state index contributed by atoms with van der Waals surface area (Å²) in [5.74, 6) is 0.554. The maximum atomic E-state index is 10.5. The summed E-state index contributed by atoms with van der Waals surface area (Å²) in [5.41, 5.74) is -0.631. The molecule has 1 fully saturated rings. The minimum absolute atomic E-state index is 0.554. The molecule has 1 N–H and O–H groups in total. The van der Waals surface area contributed by atoms with Crippen molar-refractivity contribution in [3.8, 4) is 6.07 Å². The number of rotatable bonds is 3. The van der Waals surface area contributed by atoms with Crippen LogP contribution < -0.4 is 0 Å². The lowest BCUT2D eigenvalue weighted by atomic mass is 9.80. The van der Waals surface area contributed by atoms with Crippen molar-refractivity contribution < 1.29 is 5.11 Å². The lowest BCUT2D eigenvalue weighted by Gasteiger charge is -2.26. The second-order valence-corrected chi connectivity index (χ2v) is 7.50. The van der Waals surface area contributed by atoms with Crippen LogP contribution in [0.1, 0.15) is 43.6 Å². The second-order valence-electron chi connectivity index (χ2n) is 4.96. The van der Waals surface area contributed by atoms with Gasteiger partial charge in [0.1, 0.15) is 10.4 Å². The lowest BCUT2D eigenvalue weighted by Crippen LogP contribution is -2.24. The van der Waals surface area contributed by atoms with Gasteiger partial charge in [-0.2, -0.15) is 5.26 Å². The average molecular weight is 349 g/mol. The summed E-state index contributed by atoms with van der Waals surface area (Å²) in [7, 11) is 0. The predicted octanol–water partition coefficient (Wildman–Crippen LogP) is 4.92. The zero-order valence-corrected chi connectivity index (χ0v) is 13.3. The molecule has 18 heavy (non-hydrogen) atoms. The highest BCUT2D eigenvalue weighted by atomic mass is 79.9. The summed E-state index contributed by atoms with van der Waals surface area (Å²) in [6.45, 7) is 2.14. The van der Waals surface area contributed by atoms with E-state index in [4.69, 9.17) is 11.6 Å². The highest BCUT2D eigenvalue weighted by molar-refractivity contribution is 9.10. The van der Waals surface area contributed by atoms with Crippen LogP contribution in [0.5, 0.6) is 0 Å². The van der Waals surface area contributed by atoms with E-state index in [0.717, 1.165) is 35.0 Å². The molecule has 3 unspecified atom stereocenters. The third-order valence-electron chi connectivity index (χ3n) is 3.91. The van der Waals surface area contributed by atoms with Crippen LogP contribution in [0.25, 0.3) is 0 Å². The molecule has 0 spiro atoms. The number of nitriles is 1. The molecule has 1 heterocycles. The SMILES string of the molecule is CCC1CCC(C#N)(C(O)c2cc(Br)c(Cl)s2)C1. The topological polar surface area (TPSA) is 44.0 Å². The number of thiophene rings is 1. The van der Waals surface area contributed by atoms with Gasteiger partial charge in [0.2, 0.25) is 0 Å². The van der Waals surface area contributed by atoms with Gasteiger partial charge in [0.15, 0.2) is 0 Å². The molecule has 1 aliphatic rings. The van der Waals surface area contributed by atoms with Crippen molar-refractivity contribution in [3.05, 3.63) is 19.8 Å². The fourth-order valence-corrected chi connectivity index (χ4v) is 4.55. The van der Waals surface area contributed by atoms with E-state index < -0.39 is 11.5 Å². The summed E-state index contributed by atoms with van der Waals surface area (Å²) in [5, 5.41) is 20.0. The number of halogens is 2. The van der Waals surface area contributed by atoms with Gasteiger partial charge in [-0.15, -0.1) is 11.3 Å². The second kappa shape index (κ2) is 5.50. The monoisotopic (exact) mass is 347 g/mol. The minimum atomic E-state index is -0.729. The normalized spacial score (nSPS) is 29.2. The molecule has 0 amide bonds. The predicted molar refractivity (Wildman–Crippen MR) is 77.7 cm³/mol. The number of nitrogens with zero attached hydrogens (tertiary/aromatic N) is 1. The lowest BCUT2D eigenvalue weighted by molar-refractivity contribution is 0.0671. The van der Waals surface area contributed by atoms with Crippen LogP contribution in [-0.2, 0) is 0 Å². The molecular formula is C13H15BrClNOS. The molecule has 98 valence electrons. The molecule has 5 heteroatoms. The quantitative estimate of drug-likeness (QED) is 0.842. The van der Waals surface area contributed by atoms with Crippen LogP contribution in [-0.4, -0.2) is 5.11 Å². The third-order valence-corrected chi connectivity index (χ3v) is 6.44. The van der Waals surface area contributed by atoms with Gasteiger partial charge in [-0.3, -0.25) is 0 Å². The molecule has 2 rings (SSSR count). The molecule has 1 aliphatic carbocycles. The Hall–Kier alpha value is -0.0800. The summed E-state index contributed by atoms with van der Waals surface area (Å²) in [6.07, 6.45) is 2.93. The van der Waals surface area contributed by atoms with Gasteiger partial charge in [0.25, 0.3) is 0 Å². The fourth-order valence-electron chi connectivity index (χ4n) is 2.71. The summed E-state index contributed by atoms with van der Waals surface area (Å²) < 4.78 is 1.42. The fraction of sp³-hybridized carbons (Fsp3) is 0.615. The van der Waals surface area contributed by atoms with Crippen molar-refractivity contribution in [1.82, 2.24) is 0 Å². The molecule has 0 saturated heterocycles. The van der Waals surface area contributed by atoms with Crippen LogP contribution in [0.3, 0.4) is 0 Å². The van der Waals surface area contributed by atoms with Gasteiger partial charge >= 0.3 is 0 Å². The van der Waals surface area contributed by atoms with Gasteiger partial charge in [-0.1, -0.05) is 24.9 Å². The standard InChI is InChI=1S/C13H15BrClNOS/c1-2-8-3-4-13(6-8,7-16)11(17)10-5-9(14)12(15)18-10/h5,8,11,17H,2-4,6H2,1H3. The van der Waals surface area contributed by atoms with Crippen molar-refractivity contribution in [3.63, 3.8) is 0 Å². The molecule has 1 aromatic heterocycles. The Balaban J connectivity index is 2.26. The van der Waals surface area contributed by atoms with Crippen molar-refractivity contribution in [2.75, 3.05) is 0 Å². The van der Waals surface area contributed by atoms with E-state index in [2.05, 4.69) is 28.9 Å². The zero-order valence-electron chi connectivity index (χ0n) is 10.1. The van der Waals surface area contributed by atoms with Gasteiger partial charge < -0.3 is 5.11 Å². The summed E-state index contributed by atoms with van der Waals surface area (Å²) in [6, 6.07) is 4.20. The zero-order chi connectivity index (χ0) is 13.3. The van der Waals surface area contributed by atoms with E-state index in [-0.39, 0.29) is 0 Å². The first-order chi connectivity index (χ1) is 8.52. The highest BCUT2D eigenvalue weighted by Gasteiger charge is 2.45. The highest BCUT2D eigenvalue weighted by Crippen LogP contribution is 2.52. The maximum absolute atomic E-state index is 10.5. The van der Waals surface area contributed by atoms with Crippen LogP contribution in [0.15, 0.2) is 10.5 Å². The van der Waals surface area contributed by atoms with E-state index in [9.17, 15) is 10.4 Å². The first kappa shape index (κ1) is 14.3. The van der Waals surface area contributed by atoms with Crippen LogP contribution >= 0.6 is 38.9 Å². The average Bonchev–Trinajstić information content (AvgIpc) is 2.94. The molecule has 0 aliphatic heterocycles. The molecule has 0 aromatic carbocycles. The van der Waals surface area contributed by atoms with Gasteiger partial charge in [-0.05, 0) is 47.2 Å². The molecular weight excluding hydrogens is 334 g/mol. The Morgan fingerprint density at radius 1 is 1.78 bits per heavy atom. The molecule has 2 nitrogen and oxygen atoms in total. The van der Waals surface area contributed by atoms with Crippen LogP contribution in [0.2, 0.25) is 4.34 Å². The molecule has 3 atom stereocenters. The van der Waals surface area contributed by atoms with Gasteiger partial charge in [-0.25, -0.2) is 0 Å².